The standard InChI is InChI=1S/C14H28/c1-3-14-10-8-6-4-5-7-9-13(2)11-12-14/h13-14H,3-12H2,1-2H3. The van der Waals surface area contributed by atoms with Crippen LogP contribution >= 0.6 is 0 Å². The van der Waals surface area contributed by atoms with Crippen LogP contribution in [0.3, 0.4) is 0 Å². The van der Waals surface area contributed by atoms with E-state index < -0.39 is 0 Å². The first kappa shape index (κ1) is 12.1. The Morgan fingerprint density at radius 3 is 2.14 bits per heavy atom. The van der Waals surface area contributed by atoms with Gasteiger partial charge in [0, 0.05) is 0 Å². The minimum absolute atomic E-state index is 0.988. The molecule has 1 fully saturated rings. The van der Waals surface area contributed by atoms with Gasteiger partial charge in [-0.25, -0.2) is 0 Å². The second-order valence-corrected chi connectivity index (χ2v) is 5.30. The Hall–Kier alpha value is 0. The molecule has 0 nitrogen and oxygen atoms in total. The highest BCUT2D eigenvalue weighted by Crippen LogP contribution is 2.25. The summed E-state index contributed by atoms with van der Waals surface area (Å²) in [7, 11) is 0. The zero-order valence-corrected chi connectivity index (χ0v) is 10.2. The molecule has 14 heavy (non-hydrogen) atoms. The summed E-state index contributed by atoms with van der Waals surface area (Å²) in [6.45, 7) is 4.82. The highest BCUT2D eigenvalue weighted by molar-refractivity contribution is 4.63. The summed E-state index contributed by atoms with van der Waals surface area (Å²) < 4.78 is 0. The first-order chi connectivity index (χ1) is 6.83. The maximum atomic E-state index is 2.45. The van der Waals surface area contributed by atoms with Gasteiger partial charge in [0.2, 0.25) is 0 Å². The summed E-state index contributed by atoms with van der Waals surface area (Å²) >= 11 is 0. The van der Waals surface area contributed by atoms with Crippen LogP contribution in [0.15, 0.2) is 0 Å². The van der Waals surface area contributed by atoms with E-state index in [4.69, 9.17) is 0 Å². The number of hydrogen-bond donors (Lipinski definition) is 0. The molecule has 1 rings (SSSR count). The molecule has 0 aromatic rings. The molecule has 1 aliphatic rings. The van der Waals surface area contributed by atoms with E-state index in [0.29, 0.717) is 0 Å². The number of rotatable bonds is 1. The summed E-state index contributed by atoms with van der Waals surface area (Å²) in [5.41, 5.74) is 0. The van der Waals surface area contributed by atoms with Gasteiger partial charge in [-0.2, -0.15) is 0 Å². The van der Waals surface area contributed by atoms with E-state index in [1.807, 2.05) is 0 Å². The fourth-order valence-corrected chi connectivity index (χ4v) is 2.67. The average molecular weight is 196 g/mol. The molecule has 0 bridgehead atoms. The summed E-state index contributed by atoms with van der Waals surface area (Å²) in [5, 5.41) is 0. The second kappa shape index (κ2) is 7.31. The fourth-order valence-electron chi connectivity index (χ4n) is 2.67. The quantitative estimate of drug-likeness (QED) is 0.542. The molecule has 0 heteroatoms. The maximum absolute atomic E-state index is 2.45. The molecule has 0 amide bonds. The van der Waals surface area contributed by atoms with E-state index >= 15 is 0 Å². The van der Waals surface area contributed by atoms with E-state index in [0.717, 1.165) is 11.8 Å². The Morgan fingerprint density at radius 2 is 1.43 bits per heavy atom. The van der Waals surface area contributed by atoms with Crippen LogP contribution in [0, 0.1) is 11.8 Å². The minimum atomic E-state index is 0.988. The second-order valence-electron chi connectivity index (χ2n) is 5.30. The largest absolute Gasteiger partial charge is 0.0651 e. The zero-order valence-electron chi connectivity index (χ0n) is 10.2. The Morgan fingerprint density at radius 1 is 0.786 bits per heavy atom. The molecule has 1 saturated carbocycles. The highest BCUT2D eigenvalue weighted by atomic mass is 14.2. The van der Waals surface area contributed by atoms with Gasteiger partial charge in [0.25, 0.3) is 0 Å². The van der Waals surface area contributed by atoms with Gasteiger partial charge in [0.15, 0.2) is 0 Å². The van der Waals surface area contributed by atoms with Crippen molar-refractivity contribution in [1.29, 1.82) is 0 Å². The Kier molecular flexibility index (Phi) is 6.31. The third-order valence-electron chi connectivity index (χ3n) is 3.95. The van der Waals surface area contributed by atoms with Gasteiger partial charge >= 0.3 is 0 Å². The molecule has 1 aliphatic carbocycles. The SMILES string of the molecule is CCC1CCCCCCCC(C)CC1. The van der Waals surface area contributed by atoms with Crippen molar-refractivity contribution >= 4 is 0 Å². The van der Waals surface area contributed by atoms with Crippen molar-refractivity contribution in [3.63, 3.8) is 0 Å². The van der Waals surface area contributed by atoms with E-state index in [2.05, 4.69) is 13.8 Å². The van der Waals surface area contributed by atoms with Crippen LogP contribution in [-0.4, -0.2) is 0 Å². The molecule has 0 saturated heterocycles. The van der Waals surface area contributed by atoms with Crippen LogP contribution < -0.4 is 0 Å². The molecule has 0 aromatic heterocycles. The third kappa shape index (κ3) is 5.02. The first-order valence-corrected chi connectivity index (χ1v) is 6.83. The topological polar surface area (TPSA) is 0 Å². The lowest BCUT2D eigenvalue weighted by atomic mass is 9.90. The molecule has 2 unspecified atom stereocenters. The lowest BCUT2D eigenvalue weighted by Gasteiger charge is -2.16. The van der Waals surface area contributed by atoms with E-state index in [9.17, 15) is 0 Å². The molecular formula is C14H28. The number of hydrogen-bond acceptors (Lipinski definition) is 0. The van der Waals surface area contributed by atoms with Crippen LogP contribution in [0.2, 0.25) is 0 Å². The summed E-state index contributed by atoms with van der Waals surface area (Å²) in [4.78, 5) is 0. The predicted molar refractivity (Wildman–Crippen MR) is 64.5 cm³/mol. The molecule has 0 heterocycles. The highest BCUT2D eigenvalue weighted by Gasteiger charge is 2.10. The van der Waals surface area contributed by atoms with Gasteiger partial charge < -0.3 is 0 Å². The summed E-state index contributed by atoms with van der Waals surface area (Å²) in [5.74, 6) is 2.03. The van der Waals surface area contributed by atoms with E-state index in [-0.39, 0.29) is 0 Å². The van der Waals surface area contributed by atoms with Crippen molar-refractivity contribution in [2.75, 3.05) is 0 Å². The van der Waals surface area contributed by atoms with Gasteiger partial charge in [0.1, 0.15) is 0 Å². The van der Waals surface area contributed by atoms with Gasteiger partial charge in [0.05, 0.1) is 0 Å². The van der Waals surface area contributed by atoms with E-state index in [1.165, 1.54) is 64.2 Å². The molecular weight excluding hydrogens is 168 g/mol. The lowest BCUT2D eigenvalue weighted by molar-refractivity contribution is 0.365. The van der Waals surface area contributed by atoms with Crippen molar-refractivity contribution < 1.29 is 0 Å². The van der Waals surface area contributed by atoms with Crippen molar-refractivity contribution in [3.05, 3.63) is 0 Å². The van der Waals surface area contributed by atoms with Crippen LogP contribution in [0.4, 0.5) is 0 Å². The van der Waals surface area contributed by atoms with Crippen molar-refractivity contribution in [1.82, 2.24) is 0 Å². The maximum Gasteiger partial charge on any atom is -0.0417 e. The molecule has 0 spiro atoms. The smallest absolute Gasteiger partial charge is 0.0417 e. The normalized spacial score (nSPS) is 32.1. The Bertz CT molecular complexity index is 128. The monoisotopic (exact) mass is 196 g/mol. The van der Waals surface area contributed by atoms with Crippen molar-refractivity contribution in [3.8, 4) is 0 Å². The van der Waals surface area contributed by atoms with E-state index in [1.54, 1.807) is 0 Å². The molecule has 84 valence electrons. The van der Waals surface area contributed by atoms with Crippen LogP contribution in [0.5, 0.6) is 0 Å². The van der Waals surface area contributed by atoms with Crippen molar-refractivity contribution in [2.24, 2.45) is 11.8 Å². The lowest BCUT2D eigenvalue weighted by Crippen LogP contribution is -2.02. The molecule has 2 atom stereocenters. The van der Waals surface area contributed by atoms with Crippen molar-refractivity contribution in [2.45, 2.75) is 78.1 Å². The molecule has 0 N–H and O–H groups in total. The van der Waals surface area contributed by atoms with Gasteiger partial charge in [-0.15, -0.1) is 0 Å². The minimum Gasteiger partial charge on any atom is -0.0651 e. The molecule has 0 radical (unpaired) electrons. The average Bonchev–Trinajstić information content (AvgIpc) is 2.24. The van der Waals surface area contributed by atoms with Crippen LogP contribution in [0.1, 0.15) is 78.1 Å². The fraction of sp³-hybridized carbons (Fsp3) is 1.00. The summed E-state index contributed by atoms with van der Waals surface area (Å²) in [6.07, 6.45) is 14.8. The van der Waals surface area contributed by atoms with Gasteiger partial charge in [-0.05, 0) is 11.8 Å². The Labute approximate surface area is 90.5 Å². The predicted octanol–water partition coefficient (Wildman–Crippen LogP) is 5.17. The molecule has 0 aromatic carbocycles. The Balaban J connectivity index is 2.29. The first-order valence-electron chi connectivity index (χ1n) is 6.83. The third-order valence-corrected chi connectivity index (χ3v) is 3.95. The van der Waals surface area contributed by atoms with Crippen LogP contribution in [-0.2, 0) is 0 Å². The zero-order chi connectivity index (χ0) is 10.2. The van der Waals surface area contributed by atoms with Gasteiger partial charge in [-0.3, -0.25) is 0 Å². The summed E-state index contributed by atoms with van der Waals surface area (Å²) in [6, 6.07) is 0. The van der Waals surface area contributed by atoms with Gasteiger partial charge in [-0.1, -0.05) is 78.1 Å². The van der Waals surface area contributed by atoms with Crippen LogP contribution in [0.25, 0.3) is 0 Å². The molecule has 0 aliphatic heterocycles.